The van der Waals surface area contributed by atoms with E-state index in [-0.39, 0.29) is 11.8 Å². The second kappa shape index (κ2) is 15.0. The van der Waals surface area contributed by atoms with E-state index in [9.17, 15) is 0 Å². The van der Waals surface area contributed by atoms with Gasteiger partial charge < -0.3 is 10.5 Å². The molecule has 8 aromatic rings. The van der Waals surface area contributed by atoms with Crippen molar-refractivity contribution in [1.29, 1.82) is 10.8 Å². The molecule has 0 atom stereocenters. The molecular weight excluding hydrogens is 665 g/mol. The molecule has 0 saturated heterocycles. The Morgan fingerprint density at radius 3 is 1.56 bits per heavy atom. The fraction of sp³-hybridized carbons (Fsp3) is 0. The summed E-state index contributed by atoms with van der Waals surface area (Å²) in [6, 6.07) is 58.9. The Bertz CT molecular complexity index is 2640. The highest BCUT2D eigenvalue weighted by molar-refractivity contribution is 6.07. The van der Waals surface area contributed by atoms with Gasteiger partial charge in [0.2, 0.25) is 11.8 Å². The molecule has 0 aliphatic rings. The zero-order chi connectivity index (χ0) is 36.9. The molecule has 8 rings (SSSR count). The van der Waals surface area contributed by atoms with Gasteiger partial charge in [-0.15, -0.1) is 0 Å². The number of aromatic nitrogens is 3. The third kappa shape index (κ3) is 7.02. The summed E-state index contributed by atoms with van der Waals surface area (Å²) in [5.41, 5.74) is 16.3. The van der Waals surface area contributed by atoms with Crippen molar-refractivity contribution in [2.75, 3.05) is 5.73 Å². The van der Waals surface area contributed by atoms with Gasteiger partial charge >= 0.3 is 0 Å². The molecule has 4 N–H and O–H groups in total. The highest BCUT2D eigenvalue weighted by Crippen LogP contribution is 2.36. The van der Waals surface area contributed by atoms with Crippen LogP contribution in [0.15, 0.2) is 182 Å². The number of anilines is 1. The molecule has 0 aliphatic carbocycles. The Balaban J connectivity index is 1.20. The summed E-state index contributed by atoms with van der Waals surface area (Å²) in [6.45, 7) is 0. The molecule has 0 radical (unpaired) electrons. The third-order valence-corrected chi connectivity index (χ3v) is 9.12. The molecule has 7 aromatic carbocycles. The summed E-state index contributed by atoms with van der Waals surface area (Å²) in [5, 5.41) is 17.3. The lowest BCUT2D eigenvalue weighted by molar-refractivity contribution is 0.538. The SMILES string of the molecule is N=C(OC(=N)c1ccccc1-c1cccc(-c2ccccc2-c2nc(-c3ccccc3)nc(-c3cccc(-c4ccccc4N)c3)n2)c1)c1ccccc1. The second-order valence-corrected chi connectivity index (χ2v) is 12.6. The second-order valence-electron chi connectivity index (χ2n) is 12.6. The maximum absolute atomic E-state index is 8.83. The number of hydrogen-bond acceptors (Lipinski definition) is 7. The minimum atomic E-state index is -0.101. The molecule has 54 heavy (non-hydrogen) atoms. The van der Waals surface area contributed by atoms with Crippen molar-refractivity contribution >= 4 is 17.5 Å². The molecule has 0 fully saturated rings. The molecule has 0 saturated carbocycles. The van der Waals surface area contributed by atoms with E-state index in [0.29, 0.717) is 34.3 Å². The van der Waals surface area contributed by atoms with Gasteiger partial charge in [-0.25, -0.2) is 15.0 Å². The molecule has 0 aliphatic heterocycles. The van der Waals surface area contributed by atoms with E-state index in [1.807, 2.05) is 146 Å². The largest absolute Gasteiger partial charge is 0.421 e. The highest BCUT2D eigenvalue weighted by Gasteiger charge is 2.18. The standard InChI is InChI=1S/C47H34N6O/c48-42-28-12-11-25-39(42)35-21-14-22-36(30-35)46-51-45(32-17-5-2-6-18-32)52-47(53-46)41-27-10-8-24-38(41)34-20-13-19-33(29-34)37-23-7-9-26-40(37)44(50)54-43(49)31-15-3-1-4-16-31/h1-30,49-50H,48H2. The quantitative estimate of drug-likeness (QED) is 0.0828. The van der Waals surface area contributed by atoms with Gasteiger partial charge in [0.25, 0.3) is 0 Å². The maximum Gasteiger partial charge on any atom is 0.221 e. The normalized spacial score (nSPS) is 10.8. The highest BCUT2D eigenvalue weighted by atomic mass is 16.5. The number of para-hydroxylation sites is 1. The monoisotopic (exact) mass is 698 g/mol. The number of nitrogens with two attached hydrogens (primary N) is 1. The van der Waals surface area contributed by atoms with Gasteiger partial charge in [0.15, 0.2) is 17.5 Å². The molecule has 1 heterocycles. The third-order valence-electron chi connectivity index (χ3n) is 9.12. The first kappa shape index (κ1) is 33.6. The van der Waals surface area contributed by atoms with Crippen LogP contribution in [-0.4, -0.2) is 26.7 Å². The van der Waals surface area contributed by atoms with Crippen LogP contribution in [0.4, 0.5) is 5.69 Å². The number of hydrogen-bond donors (Lipinski definition) is 3. The molecule has 0 unspecified atom stereocenters. The molecule has 7 heteroatoms. The predicted molar refractivity (Wildman–Crippen MR) is 218 cm³/mol. The molecule has 7 nitrogen and oxygen atoms in total. The topological polar surface area (TPSA) is 122 Å². The van der Waals surface area contributed by atoms with Gasteiger partial charge in [-0.3, -0.25) is 10.8 Å². The molecule has 0 bridgehead atoms. The van der Waals surface area contributed by atoms with E-state index in [1.54, 1.807) is 12.1 Å². The lowest BCUT2D eigenvalue weighted by Gasteiger charge is -2.15. The Kier molecular flexibility index (Phi) is 9.34. The number of nitrogen functional groups attached to an aromatic ring is 1. The summed E-state index contributed by atoms with van der Waals surface area (Å²) >= 11 is 0. The molecular formula is C47H34N6O. The number of nitrogens with zero attached hydrogens (tertiary/aromatic N) is 3. The predicted octanol–water partition coefficient (Wildman–Crippen LogP) is 10.8. The van der Waals surface area contributed by atoms with E-state index in [4.69, 9.17) is 36.2 Å². The van der Waals surface area contributed by atoms with Crippen molar-refractivity contribution in [2.24, 2.45) is 0 Å². The first-order chi connectivity index (χ1) is 26.5. The average molecular weight is 699 g/mol. The molecule has 0 amide bonds. The van der Waals surface area contributed by atoms with Crippen molar-refractivity contribution in [3.05, 3.63) is 193 Å². The summed E-state index contributed by atoms with van der Waals surface area (Å²) in [5.74, 6) is 1.47. The fourth-order valence-corrected chi connectivity index (χ4v) is 6.45. The maximum atomic E-state index is 8.83. The van der Waals surface area contributed by atoms with Crippen LogP contribution in [0.5, 0.6) is 0 Å². The van der Waals surface area contributed by atoms with Crippen molar-refractivity contribution in [2.45, 2.75) is 0 Å². The Labute approximate surface area is 313 Å². The van der Waals surface area contributed by atoms with Crippen molar-refractivity contribution in [3.63, 3.8) is 0 Å². The Morgan fingerprint density at radius 1 is 0.389 bits per heavy atom. The van der Waals surface area contributed by atoms with Gasteiger partial charge in [-0.05, 0) is 64.2 Å². The molecule has 258 valence electrons. The Morgan fingerprint density at radius 2 is 0.852 bits per heavy atom. The average Bonchev–Trinajstić information content (AvgIpc) is 3.24. The van der Waals surface area contributed by atoms with Crippen molar-refractivity contribution in [1.82, 2.24) is 15.0 Å². The van der Waals surface area contributed by atoms with Crippen LogP contribution in [0.1, 0.15) is 11.1 Å². The minimum absolute atomic E-state index is 0.0828. The van der Waals surface area contributed by atoms with Crippen LogP contribution < -0.4 is 5.73 Å². The summed E-state index contributed by atoms with van der Waals surface area (Å²) in [6.07, 6.45) is 0. The van der Waals surface area contributed by atoms with Crippen molar-refractivity contribution in [3.8, 4) is 67.5 Å². The van der Waals surface area contributed by atoms with Crippen LogP contribution in [0, 0.1) is 10.8 Å². The zero-order valence-corrected chi connectivity index (χ0v) is 29.1. The molecule has 1 aromatic heterocycles. The smallest absolute Gasteiger partial charge is 0.221 e. The summed E-state index contributed by atoms with van der Waals surface area (Å²) < 4.78 is 5.75. The van der Waals surface area contributed by atoms with E-state index < -0.39 is 0 Å². The lowest BCUT2D eigenvalue weighted by atomic mass is 9.93. The van der Waals surface area contributed by atoms with Crippen LogP contribution in [0.2, 0.25) is 0 Å². The first-order valence-corrected chi connectivity index (χ1v) is 17.5. The van der Waals surface area contributed by atoms with E-state index in [1.165, 1.54) is 0 Å². The Hall–Kier alpha value is -7.51. The molecule has 0 spiro atoms. The van der Waals surface area contributed by atoms with Gasteiger partial charge in [0.05, 0.1) is 0 Å². The van der Waals surface area contributed by atoms with E-state index in [0.717, 1.165) is 50.1 Å². The van der Waals surface area contributed by atoms with Gasteiger partial charge in [0, 0.05) is 39.1 Å². The zero-order valence-electron chi connectivity index (χ0n) is 29.1. The van der Waals surface area contributed by atoms with Crippen molar-refractivity contribution < 1.29 is 4.74 Å². The number of benzene rings is 7. The summed E-state index contributed by atoms with van der Waals surface area (Å²) in [7, 11) is 0. The lowest BCUT2D eigenvalue weighted by Crippen LogP contribution is -2.13. The van der Waals surface area contributed by atoms with Crippen LogP contribution in [-0.2, 0) is 4.74 Å². The number of nitrogens with one attached hydrogen (secondary N) is 2. The van der Waals surface area contributed by atoms with Crippen LogP contribution >= 0.6 is 0 Å². The number of rotatable bonds is 8. The van der Waals surface area contributed by atoms with Gasteiger partial charge in [-0.2, -0.15) is 0 Å². The van der Waals surface area contributed by atoms with Crippen LogP contribution in [0.3, 0.4) is 0 Å². The first-order valence-electron chi connectivity index (χ1n) is 17.5. The fourth-order valence-electron chi connectivity index (χ4n) is 6.45. The summed E-state index contributed by atoms with van der Waals surface area (Å²) in [4.78, 5) is 15.1. The minimum Gasteiger partial charge on any atom is -0.421 e. The van der Waals surface area contributed by atoms with Crippen LogP contribution in [0.25, 0.3) is 67.5 Å². The van der Waals surface area contributed by atoms with Gasteiger partial charge in [0.1, 0.15) is 0 Å². The number of ether oxygens (including phenoxy) is 1. The van der Waals surface area contributed by atoms with Gasteiger partial charge in [-0.1, -0.05) is 146 Å². The van der Waals surface area contributed by atoms with E-state index in [2.05, 4.69) is 24.3 Å². The van der Waals surface area contributed by atoms with E-state index >= 15 is 0 Å².